The zero-order valence-electron chi connectivity index (χ0n) is 17.2. The fraction of sp³-hybridized carbons (Fsp3) is 0.522. The summed E-state index contributed by atoms with van der Waals surface area (Å²) < 4.78 is 5.22. The van der Waals surface area contributed by atoms with Gasteiger partial charge in [0.15, 0.2) is 5.82 Å². The molecule has 5 heteroatoms. The highest BCUT2D eigenvalue weighted by Gasteiger charge is 2.19. The number of ether oxygens (including phenoxy) is 1. The van der Waals surface area contributed by atoms with Crippen LogP contribution in [0.1, 0.15) is 58.1 Å². The molecule has 0 aliphatic heterocycles. The first-order chi connectivity index (χ1) is 13.5. The van der Waals surface area contributed by atoms with E-state index in [4.69, 9.17) is 9.72 Å². The smallest absolute Gasteiger partial charge is 0.225 e. The molecule has 0 radical (unpaired) electrons. The quantitative estimate of drug-likeness (QED) is 0.710. The van der Waals surface area contributed by atoms with Crippen molar-refractivity contribution in [2.75, 3.05) is 12.4 Å². The molecule has 1 N–H and O–H groups in total. The summed E-state index contributed by atoms with van der Waals surface area (Å²) in [7, 11) is 1.65. The molecule has 1 fully saturated rings. The van der Waals surface area contributed by atoms with Crippen LogP contribution in [-0.2, 0) is 11.2 Å². The molecular formula is C23H31N3O2. The van der Waals surface area contributed by atoms with E-state index in [1.165, 1.54) is 19.3 Å². The highest BCUT2D eigenvalue weighted by atomic mass is 16.5. The summed E-state index contributed by atoms with van der Waals surface area (Å²) in [6.45, 7) is 4.30. The zero-order chi connectivity index (χ0) is 19.9. The van der Waals surface area contributed by atoms with Crippen LogP contribution in [0.15, 0.2) is 30.5 Å². The number of anilines is 1. The second kappa shape index (κ2) is 9.67. The Bertz CT molecular complexity index is 781. The summed E-state index contributed by atoms with van der Waals surface area (Å²) in [5, 5.41) is 3.03. The molecule has 1 aliphatic carbocycles. The fourth-order valence-electron chi connectivity index (χ4n) is 3.80. The van der Waals surface area contributed by atoms with Gasteiger partial charge in [-0.2, -0.15) is 0 Å². The van der Waals surface area contributed by atoms with E-state index in [-0.39, 0.29) is 5.91 Å². The number of methoxy groups -OCH3 is 1. The first kappa shape index (κ1) is 20.3. The third-order valence-electron chi connectivity index (χ3n) is 5.29. The molecule has 0 atom stereocenters. The summed E-state index contributed by atoms with van der Waals surface area (Å²) in [5.74, 6) is 2.41. The van der Waals surface area contributed by atoms with Crippen molar-refractivity contribution in [2.24, 2.45) is 11.8 Å². The lowest BCUT2D eigenvalue weighted by Gasteiger charge is -2.21. The number of rotatable bonds is 7. The van der Waals surface area contributed by atoms with Crippen LogP contribution in [0.3, 0.4) is 0 Å². The number of hydrogen-bond acceptors (Lipinski definition) is 4. The Labute approximate surface area is 167 Å². The molecule has 0 saturated heterocycles. The normalized spacial score (nSPS) is 14.9. The van der Waals surface area contributed by atoms with E-state index in [0.29, 0.717) is 24.1 Å². The lowest BCUT2D eigenvalue weighted by Crippen LogP contribution is -2.20. The lowest BCUT2D eigenvalue weighted by molar-refractivity contribution is -0.117. The molecule has 150 valence electrons. The van der Waals surface area contributed by atoms with Gasteiger partial charge in [-0.05, 0) is 55.4 Å². The van der Waals surface area contributed by atoms with Crippen LogP contribution < -0.4 is 10.1 Å². The molecule has 1 amide bonds. The minimum atomic E-state index is 0.0587. The van der Waals surface area contributed by atoms with Gasteiger partial charge in [-0.3, -0.25) is 4.79 Å². The van der Waals surface area contributed by atoms with Crippen molar-refractivity contribution >= 4 is 11.7 Å². The van der Waals surface area contributed by atoms with Crippen LogP contribution in [-0.4, -0.2) is 23.0 Å². The molecule has 0 spiro atoms. The van der Waals surface area contributed by atoms with E-state index in [0.717, 1.165) is 42.0 Å². The number of carbonyl (C=O) groups is 1. The van der Waals surface area contributed by atoms with Crippen LogP contribution in [0.2, 0.25) is 0 Å². The maximum Gasteiger partial charge on any atom is 0.225 e. The number of carbonyl (C=O) groups excluding carboxylic acids is 1. The van der Waals surface area contributed by atoms with Crippen molar-refractivity contribution in [3.8, 4) is 17.0 Å². The predicted octanol–water partition coefficient (Wildman–Crippen LogP) is 5.26. The predicted molar refractivity (Wildman–Crippen MR) is 112 cm³/mol. The number of nitrogens with one attached hydrogen (secondary N) is 1. The van der Waals surface area contributed by atoms with Gasteiger partial charge in [0.25, 0.3) is 0 Å². The van der Waals surface area contributed by atoms with E-state index in [9.17, 15) is 4.79 Å². The number of amides is 1. The molecule has 1 aliphatic rings. The Morgan fingerprint density at radius 1 is 1.18 bits per heavy atom. The van der Waals surface area contributed by atoms with E-state index < -0.39 is 0 Å². The van der Waals surface area contributed by atoms with Crippen LogP contribution in [0.25, 0.3) is 11.3 Å². The van der Waals surface area contributed by atoms with Crippen molar-refractivity contribution in [3.63, 3.8) is 0 Å². The Morgan fingerprint density at radius 2 is 1.89 bits per heavy atom. The Balaban J connectivity index is 1.76. The monoisotopic (exact) mass is 381 g/mol. The van der Waals surface area contributed by atoms with Crippen LogP contribution in [0, 0.1) is 11.8 Å². The van der Waals surface area contributed by atoms with Crippen LogP contribution in [0.4, 0.5) is 5.82 Å². The average Bonchev–Trinajstić information content (AvgIpc) is 2.70. The summed E-state index contributed by atoms with van der Waals surface area (Å²) in [4.78, 5) is 21.9. The standard InChI is InChI=1S/C23H31N3O2/c1-16(2)13-20-23(26-22(27)14-17-7-5-4-6-8-17)24-15-21(25-20)18-9-11-19(28-3)12-10-18/h9-12,15-17H,4-8,13-14H2,1-3H3,(H,24,26,27). The number of nitrogens with zero attached hydrogens (tertiary/aromatic N) is 2. The largest absolute Gasteiger partial charge is 0.497 e. The number of aromatic nitrogens is 2. The summed E-state index contributed by atoms with van der Waals surface area (Å²) >= 11 is 0. The van der Waals surface area contributed by atoms with E-state index in [2.05, 4.69) is 24.1 Å². The van der Waals surface area contributed by atoms with Crippen LogP contribution >= 0.6 is 0 Å². The topological polar surface area (TPSA) is 64.1 Å². The highest BCUT2D eigenvalue weighted by Crippen LogP contribution is 2.27. The minimum Gasteiger partial charge on any atom is -0.497 e. The molecule has 0 unspecified atom stereocenters. The molecule has 0 bridgehead atoms. The molecule has 1 aromatic heterocycles. The Kier molecular flexibility index (Phi) is 7.01. The third kappa shape index (κ3) is 5.54. The van der Waals surface area contributed by atoms with Crippen molar-refractivity contribution < 1.29 is 9.53 Å². The van der Waals surface area contributed by atoms with E-state index in [1.54, 1.807) is 13.3 Å². The van der Waals surface area contributed by atoms with Crippen molar-refractivity contribution in [3.05, 3.63) is 36.2 Å². The molecule has 2 aromatic rings. The second-order valence-corrected chi connectivity index (χ2v) is 8.13. The Morgan fingerprint density at radius 3 is 2.54 bits per heavy atom. The number of benzene rings is 1. The van der Waals surface area contributed by atoms with Gasteiger partial charge < -0.3 is 10.1 Å². The van der Waals surface area contributed by atoms with Gasteiger partial charge in [0.05, 0.1) is 24.7 Å². The van der Waals surface area contributed by atoms with E-state index in [1.807, 2.05) is 24.3 Å². The van der Waals surface area contributed by atoms with Gasteiger partial charge in [-0.25, -0.2) is 9.97 Å². The SMILES string of the molecule is COc1ccc(-c2cnc(NC(=O)CC3CCCCC3)c(CC(C)C)n2)cc1. The Hall–Kier alpha value is -2.43. The molecular weight excluding hydrogens is 350 g/mol. The third-order valence-corrected chi connectivity index (χ3v) is 5.29. The highest BCUT2D eigenvalue weighted by molar-refractivity contribution is 5.90. The van der Waals surface area contributed by atoms with Gasteiger partial charge in [0.1, 0.15) is 5.75 Å². The first-order valence-electron chi connectivity index (χ1n) is 10.4. The maximum atomic E-state index is 12.6. The summed E-state index contributed by atoms with van der Waals surface area (Å²) in [6.07, 6.45) is 9.21. The van der Waals surface area contributed by atoms with Gasteiger partial charge in [-0.15, -0.1) is 0 Å². The maximum absolute atomic E-state index is 12.6. The number of hydrogen-bond donors (Lipinski definition) is 1. The second-order valence-electron chi connectivity index (χ2n) is 8.13. The molecule has 28 heavy (non-hydrogen) atoms. The zero-order valence-corrected chi connectivity index (χ0v) is 17.2. The molecule has 1 saturated carbocycles. The summed E-state index contributed by atoms with van der Waals surface area (Å²) in [5.41, 5.74) is 2.64. The lowest BCUT2D eigenvalue weighted by atomic mass is 9.87. The minimum absolute atomic E-state index is 0.0587. The molecule has 1 heterocycles. The fourth-order valence-corrected chi connectivity index (χ4v) is 3.80. The average molecular weight is 382 g/mol. The molecule has 5 nitrogen and oxygen atoms in total. The van der Waals surface area contributed by atoms with Gasteiger partial charge in [0.2, 0.25) is 5.91 Å². The van der Waals surface area contributed by atoms with Gasteiger partial charge in [-0.1, -0.05) is 33.1 Å². The van der Waals surface area contributed by atoms with Crippen molar-refractivity contribution in [2.45, 2.75) is 58.8 Å². The molecule has 1 aromatic carbocycles. The van der Waals surface area contributed by atoms with Crippen molar-refractivity contribution in [1.82, 2.24) is 9.97 Å². The van der Waals surface area contributed by atoms with E-state index >= 15 is 0 Å². The molecule has 3 rings (SSSR count). The van der Waals surface area contributed by atoms with Gasteiger partial charge in [0, 0.05) is 12.0 Å². The summed E-state index contributed by atoms with van der Waals surface area (Å²) in [6, 6.07) is 7.78. The van der Waals surface area contributed by atoms with Crippen molar-refractivity contribution in [1.29, 1.82) is 0 Å². The first-order valence-corrected chi connectivity index (χ1v) is 10.4. The van der Waals surface area contributed by atoms with Gasteiger partial charge >= 0.3 is 0 Å². The van der Waals surface area contributed by atoms with Crippen LogP contribution in [0.5, 0.6) is 5.75 Å².